The summed E-state index contributed by atoms with van der Waals surface area (Å²) in [6, 6.07) is 7.94. The van der Waals surface area contributed by atoms with E-state index < -0.39 is 0 Å². The molecule has 1 fully saturated rings. The van der Waals surface area contributed by atoms with E-state index in [2.05, 4.69) is 15.2 Å². The number of hydrogen-bond acceptors (Lipinski definition) is 4. The summed E-state index contributed by atoms with van der Waals surface area (Å²) >= 11 is 0. The number of fused-ring (bicyclic) bond motifs is 1. The summed E-state index contributed by atoms with van der Waals surface area (Å²) in [5.41, 5.74) is 1.84. The van der Waals surface area contributed by atoms with Gasteiger partial charge in [0.1, 0.15) is 5.52 Å². The van der Waals surface area contributed by atoms with E-state index in [1.165, 1.54) is 6.42 Å². The topological polar surface area (TPSA) is 41.3 Å². The SMILES string of the molecule is CNCC1CCN(Cc2nc3ccccc3o2)C1. The van der Waals surface area contributed by atoms with Crippen LogP contribution in [0.3, 0.4) is 0 Å². The van der Waals surface area contributed by atoms with Crippen molar-refractivity contribution in [2.24, 2.45) is 5.92 Å². The molecule has 2 aromatic rings. The first-order chi connectivity index (χ1) is 8.85. The Hall–Kier alpha value is -1.39. The molecule has 1 aromatic heterocycles. The van der Waals surface area contributed by atoms with Crippen LogP contribution < -0.4 is 5.32 Å². The number of likely N-dealkylation sites (tertiary alicyclic amines) is 1. The fourth-order valence-electron chi connectivity index (χ4n) is 2.69. The largest absolute Gasteiger partial charge is 0.439 e. The van der Waals surface area contributed by atoms with Crippen molar-refractivity contribution in [1.29, 1.82) is 0 Å². The summed E-state index contributed by atoms with van der Waals surface area (Å²) in [6.45, 7) is 4.21. The monoisotopic (exact) mass is 245 g/mol. The number of oxazole rings is 1. The van der Waals surface area contributed by atoms with Crippen molar-refractivity contribution >= 4 is 11.1 Å². The maximum absolute atomic E-state index is 5.76. The fourth-order valence-corrected chi connectivity index (χ4v) is 2.69. The average molecular weight is 245 g/mol. The van der Waals surface area contributed by atoms with Gasteiger partial charge in [-0.25, -0.2) is 4.98 Å². The maximum Gasteiger partial charge on any atom is 0.209 e. The molecule has 1 atom stereocenters. The van der Waals surface area contributed by atoms with E-state index in [0.29, 0.717) is 0 Å². The Bertz CT molecular complexity index is 489. The second-order valence-electron chi connectivity index (χ2n) is 5.02. The lowest BCUT2D eigenvalue weighted by molar-refractivity contribution is 0.283. The average Bonchev–Trinajstić information content (AvgIpc) is 2.96. The van der Waals surface area contributed by atoms with Gasteiger partial charge in [-0.1, -0.05) is 12.1 Å². The van der Waals surface area contributed by atoms with Gasteiger partial charge in [0, 0.05) is 6.54 Å². The summed E-state index contributed by atoms with van der Waals surface area (Å²) in [5, 5.41) is 3.25. The van der Waals surface area contributed by atoms with Crippen LogP contribution in [0.25, 0.3) is 11.1 Å². The molecule has 1 N–H and O–H groups in total. The molecule has 1 aromatic carbocycles. The van der Waals surface area contributed by atoms with Crippen LogP contribution in [-0.4, -0.2) is 36.6 Å². The quantitative estimate of drug-likeness (QED) is 0.893. The molecule has 0 radical (unpaired) electrons. The summed E-state index contributed by atoms with van der Waals surface area (Å²) in [6.07, 6.45) is 1.26. The van der Waals surface area contributed by atoms with Crippen molar-refractivity contribution in [3.63, 3.8) is 0 Å². The van der Waals surface area contributed by atoms with Gasteiger partial charge >= 0.3 is 0 Å². The molecule has 1 aliphatic rings. The predicted molar refractivity (Wildman–Crippen MR) is 71.3 cm³/mol. The first-order valence-electron chi connectivity index (χ1n) is 6.56. The lowest BCUT2D eigenvalue weighted by atomic mass is 10.1. The minimum atomic E-state index is 0.763. The Kier molecular flexibility index (Phi) is 3.30. The third-order valence-corrected chi connectivity index (χ3v) is 3.56. The number of nitrogens with one attached hydrogen (secondary N) is 1. The molecule has 0 aliphatic carbocycles. The summed E-state index contributed by atoms with van der Waals surface area (Å²) in [7, 11) is 2.02. The number of rotatable bonds is 4. The van der Waals surface area contributed by atoms with Crippen LogP contribution in [0.5, 0.6) is 0 Å². The minimum absolute atomic E-state index is 0.763. The van der Waals surface area contributed by atoms with Gasteiger partial charge in [0.2, 0.25) is 5.89 Å². The second-order valence-corrected chi connectivity index (χ2v) is 5.02. The first kappa shape index (κ1) is 11.7. The van der Waals surface area contributed by atoms with E-state index in [1.807, 2.05) is 31.3 Å². The van der Waals surface area contributed by atoms with Gasteiger partial charge in [-0.2, -0.15) is 0 Å². The van der Waals surface area contributed by atoms with Crippen molar-refractivity contribution in [3.05, 3.63) is 30.2 Å². The normalized spacial score (nSPS) is 20.8. The van der Waals surface area contributed by atoms with Gasteiger partial charge < -0.3 is 9.73 Å². The highest BCUT2D eigenvalue weighted by molar-refractivity contribution is 5.72. The molecule has 1 unspecified atom stereocenters. The van der Waals surface area contributed by atoms with E-state index in [0.717, 1.165) is 49.1 Å². The van der Waals surface area contributed by atoms with Crippen LogP contribution >= 0.6 is 0 Å². The third kappa shape index (κ3) is 2.40. The van der Waals surface area contributed by atoms with Gasteiger partial charge in [-0.15, -0.1) is 0 Å². The summed E-state index contributed by atoms with van der Waals surface area (Å²) in [5.74, 6) is 1.60. The molecule has 4 nitrogen and oxygen atoms in total. The zero-order chi connectivity index (χ0) is 12.4. The maximum atomic E-state index is 5.76. The molecule has 4 heteroatoms. The van der Waals surface area contributed by atoms with Crippen LogP contribution in [-0.2, 0) is 6.54 Å². The van der Waals surface area contributed by atoms with Gasteiger partial charge in [0.05, 0.1) is 6.54 Å². The van der Waals surface area contributed by atoms with Crippen molar-refractivity contribution in [3.8, 4) is 0 Å². The number of para-hydroxylation sites is 2. The zero-order valence-corrected chi connectivity index (χ0v) is 10.7. The van der Waals surface area contributed by atoms with Crippen LogP contribution in [0.2, 0.25) is 0 Å². The van der Waals surface area contributed by atoms with E-state index in [4.69, 9.17) is 4.42 Å². The van der Waals surface area contributed by atoms with Gasteiger partial charge in [0.15, 0.2) is 5.58 Å². The molecule has 1 aliphatic heterocycles. The Morgan fingerprint density at radius 3 is 3.17 bits per heavy atom. The highest BCUT2D eigenvalue weighted by Gasteiger charge is 2.23. The van der Waals surface area contributed by atoms with Crippen LogP contribution in [0.15, 0.2) is 28.7 Å². The fraction of sp³-hybridized carbons (Fsp3) is 0.500. The van der Waals surface area contributed by atoms with E-state index in [1.54, 1.807) is 0 Å². The lowest BCUT2D eigenvalue weighted by Gasteiger charge is -2.13. The highest BCUT2D eigenvalue weighted by atomic mass is 16.3. The molecule has 0 bridgehead atoms. The molecule has 0 saturated carbocycles. The van der Waals surface area contributed by atoms with Gasteiger partial charge in [-0.05, 0) is 44.6 Å². The summed E-state index contributed by atoms with van der Waals surface area (Å²) in [4.78, 5) is 6.95. The number of nitrogens with zero attached hydrogens (tertiary/aromatic N) is 2. The van der Waals surface area contributed by atoms with E-state index >= 15 is 0 Å². The van der Waals surface area contributed by atoms with Crippen molar-refractivity contribution in [2.45, 2.75) is 13.0 Å². The smallest absolute Gasteiger partial charge is 0.209 e. The molecular weight excluding hydrogens is 226 g/mol. The molecule has 96 valence electrons. The third-order valence-electron chi connectivity index (χ3n) is 3.56. The Morgan fingerprint density at radius 1 is 1.44 bits per heavy atom. The van der Waals surface area contributed by atoms with Gasteiger partial charge in [0.25, 0.3) is 0 Å². The predicted octanol–water partition coefficient (Wildman–Crippen LogP) is 1.87. The van der Waals surface area contributed by atoms with Crippen molar-refractivity contribution in [1.82, 2.24) is 15.2 Å². The standard InChI is InChI=1S/C14H19N3O/c1-15-8-11-6-7-17(9-11)10-14-16-12-4-2-3-5-13(12)18-14/h2-5,11,15H,6-10H2,1H3. The minimum Gasteiger partial charge on any atom is -0.439 e. The van der Waals surface area contributed by atoms with E-state index in [-0.39, 0.29) is 0 Å². The molecule has 18 heavy (non-hydrogen) atoms. The number of aromatic nitrogens is 1. The summed E-state index contributed by atoms with van der Waals surface area (Å²) < 4.78 is 5.76. The Labute approximate surface area is 107 Å². The first-order valence-corrected chi connectivity index (χ1v) is 6.56. The van der Waals surface area contributed by atoms with Crippen molar-refractivity contribution in [2.75, 3.05) is 26.7 Å². The van der Waals surface area contributed by atoms with E-state index in [9.17, 15) is 0 Å². The molecule has 1 saturated heterocycles. The molecule has 2 heterocycles. The van der Waals surface area contributed by atoms with Crippen LogP contribution in [0.1, 0.15) is 12.3 Å². The Balaban J connectivity index is 1.66. The molecule has 0 spiro atoms. The van der Waals surface area contributed by atoms with Crippen LogP contribution in [0.4, 0.5) is 0 Å². The second kappa shape index (κ2) is 5.08. The molecule has 0 amide bonds. The number of hydrogen-bond donors (Lipinski definition) is 1. The van der Waals surface area contributed by atoms with Crippen LogP contribution in [0, 0.1) is 5.92 Å². The number of benzene rings is 1. The van der Waals surface area contributed by atoms with Gasteiger partial charge in [-0.3, -0.25) is 4.90 Å². The zero-order valence-electron chi connectivity index (χ0n) is 10.7. The lowest BCUT2D eigenvalue weighted by Crippen LogP contribution is -2.24. The highest BCUT2D eigenvalue weighted by Crippen LogP contribution is 2.20. The van der Waals surface area contributed by atoms with Crippen molar-refractivity contribution < 1.29 is 4.42 Å². The molecule has 3 rings (SSSR count). The Morgan fingerprint density at radius 2 is 2.33 bits per heavy atom. The molecular formula is C14H19N3O.